The van der Waals surface area contributed by atoms with Gasteiger partial charge in [-0.2, -0.15) is 0 Å². The normalized spacial score (nSPS) is 13.7. The van der Waals surface area contributed by atoms with E-state index >= 15 is 0 Å². The lowest BCUT2D eigenvalue weighted by molar-refractivity contribution is 0.259. The smallest absolute Gasteiger partial charge is 0.191 e. The Balaban J connectivity index is 2.17. The first-order valence-corrected chi connectivity index (χ1v) is 9.58. The van der Waals surface area contributed by atoms with E-state index in [2.05, 4.69) is 29.1 Å². The number of thioether (sulfide) groups is 1. The van der Waals surface area contributed by atoms with Gasteiger partial charge in [0.05, 0.1) is 12.6 Å². The maximum atomic E-state index is 14.0. The molecule has 0 saturated heterocycles. The van der Waals surface area contributed by atoms with E-state index in [1.165, 1.54) is 23.9 Å². The monoisotopic (exact) mass is 401 g/mol. The first-order chi connectivity index (χ1) is 12.3. The van der Waals surface area contributed by atoms with Crippen LogP contribution in [0.5, 0.6) is 0 Å². The number of hydrogen-bond acceptors (Lipinski definition) is 5. The maximum absolute atomic E-state index is 14.0. The topological polar surface area (TPSA) is 58.0 Å². The van der Waals surface area contributed by atoms with Crippen LogP contribution in [-0.4, -0.2) is 27.7 Å². The lowest BCUT2D eigenvalue weighted by Crippen LogP contribution is -2.26. The standard InChI is InChI=1S/C18H22ClF2N3OS/c1-10(2)7-12(9-25)22-16-8-15(19)23-18(24-16)26-11(3)13-5-4-6-14(20)17(13)21/h4-6,8,10-12,25H,7,9H2,1-3H3,(H,22,23,24)/t11?,12-/m1/s1. The predicted molar refractivity (Wildman–Crippen MR) is 102 cm³/mol. The minimum absolute atomic E-state index is 0.0345. The van der Waals surface area contributed by atoms with Gasteiger partial charge >= 0.3 is 0 Å². The number of nitrogens with one attached hydrogen (secondary N) is 1. The molecule has 0 amide bonds. The molecular weight excluding hydrogens is 380 g/mol. The van der Waals surface area contributed by atoms with Crippen molar-refractivity contribution >= 4 is 29.2 Å². The molecule has 142 valence electrons. The van der Waals surface area contributed by atoms with Gasteiger partial charge in [-0.1, -0.05) is 49.3 Å². The van der Waals surface area contributed by atoms with Gasteiger partial charge in [0.25, 0.3) is 0 Å². The Morgan fingerprint density at radius 2 is 1.96 bits per heavy atom. The van der Waals surface area contributed by atoms with Crippen LogP contribution in [0.4, 0.5) is 14.6 Å². The molecule has 2 rings (SSSR count). The number of aliphatic hydroxyl groups excluding tert-OH is 1. The third-order valence-electron chi connectivity index (χ3n) is 3.70. The number of aromatic nitrogens is 2. The summed E-state index contributed by atoms with van der Waals surface area (Å²) >= 11 is 7.25. The van der Waals surface area contributed by atoms with E-state index in [0.29, 0.717) is 16.9 Å². The molecule has 0 aliphatic rings. The van der Waals surface area contributed by atoms with Gasteiger partial charge in [-0.3, -0.25) is 0 Å². The molecule has 2 aromatic rings. The highest BCUT2D eigenvalue weighted by molar-refractivity contribution is 7.99. The van der Waals surface area contributed by atoms with Gasteiger partial charge in [-0.05, 0) is 25.3 Å². The minimum Gasteiger partial charge on any atom is -0.394 e. The number of rotatable bonds is 8. The SMILES string of the molecule is CC(C)C[C@H](CO)Nc1cc(Cl)nc(SC(C)c2cccc(F)c2F)n1. The van der Waals surface area contributed by atoms with E-state index in [9.17, 15) is 13.9 Å². The number of benzene rings is 1. The quantitative estimate of drug-likeness (QED) is 0.367. The fourth-order valence-corrected chi connectivity index (χ4v) is 3.70. The van der Waals surface area contributed by atoms with E-state index in [1.54, 1.807) is 13.0 Å². The lowest BCUT2D eigenvalue weighted by Gasteiger charge is -2.19. The van der Waals surface area contributed by atoms with Crippen LogP contribution >= 0.6 is 23.4 Å². The van der Waals surface area contributed by atoms with E-state index < -0.39 is 16.9 Å². The zero-order chi connectivity index (χ0) is 19.3. The molecule has 2 atom stereocenters. The van der Waals surface area contributed by atoms with Crippen LogP contribution in [0.1, 0.15) is 38.0 Å². The van der Waals surface area contributed by atoms with E-state index in [4.69, 9.17) is 11.6 Å². The third kappa shape index (κ3) is 5.79. The highest BCUT2D eigenvalue weighted by atomic mass is 35.5. The number of aliphatic hydroxyl groups is 1. The maximum Gasteiger partial charge on any atom is 0.191 e. The van der Waals surface area contributed by atoms with E-state index in [0.717, 1.165) is 12.5 Å². The molecule has 1 heterocycles. The number of anilines is 1. The van der Waals surface area contributed by atoms with Crippen LogP contribution in [0.2, 0.25) is 5.15 Å². The Labute approximate surface area is 161 Å². The summed E-state index contributed by atoms with van der Waals surface area (Å²) < 4.78 is 27.4. The van der Waals surface area contributed by atoms with Crippen molar-refractivity contribution in [1.82, 2.24) is 9.97 Å². The summed E-state index contributed by atoms with van der Waals surface area (Å²) in [7, 11) is 0. The van der Waals surface area contributed by atoms with Gasteiger partial charge in [0, 0.05) is 16.9 Å². The molecule has 0 fully saturated rings. The van der Waals surface area contributed by atoms with Crippen LogP contribution < -0.4 is 5.32 Å². The van der Waals surface area contributed by atoms with Crippen molar-refractivity contribution < 1.29 is 13.9 Å². The molecule has 8 heteroatoms. The fraction of sp³-hybridized carbons (Fsp3) is 0.444. The Morgan fingerprint density at radius 3 is 2.62 bits per heavy atom. The zero-order valence-electron chi connectivity index (χ0n) is 14.8. The average Bonchev–Trinajstić information content (AvgIpc) is 2.55. The third-order valence-corrected chi connectivity index (χ3v) is 4.90. The summed E-state index contributed by atoms with van der Waals surface area (Å²) in [6, 6.07) is 5.50. The summed E-state index contributed by atoms with van der Waals surface area (Å²) in [5, 5.41) is 12.8. The molecular formula is C18H22ClF2N3OS. The first-order valence-electron chi connectivity index (χ1n) is 8.32. The molecule has 1 aromatic heterocycles. The molecule has 0 spiro atoms. The molecule has 26 heavy (non-hydrogen) atoms. The predicted octanol–water partition coefficient (Wildman–Crippen LogP) is 5.08. The zero-order valence-corrected chi connectivity index (χ0v) is 16.4. The van der Waals surface area contributed by atoms with Crippen LogP contribution in [0.3, 0.4) is 0 Å². The van der Waals surface area contributed by atoms with E-state index in [1.807, 2.05) is 0 Å². The second-order valence-corrected chi connectivity index (χ2v) is 8.11. The van der Waals surface area contributed by atoms with E-state index in [-0.39, 0.29) is 23.4 Å². The van der Waals surface area contributed by atoms with Crippen LogP contribution in [-0.2, 0) is 0 Å². The van der Waals surface area contributed by atoms with Crippen molar-refractivity contribution in [2.45, 2.75) is 43.6 Å². The van der Waals surface area contributed by atoms with Gasteiger partial charge in [0.15, 0.2) is 16.8 Å². The molecule has 0 saturated carbocycles. The number of nitrogens with zero attached hydrogens (tertiary/aromatic N) is 2. The summed E-state index contributed by atoms with van der Waals surface area (Å²) in [4.78, 5) is 8.52. The molecule has 0 bridgehead atoms. The Morgan fingerprint density at radius 1 is 1.23 bits per heavy atom. The van der Waals surface area contributed by atoms with Gasteiger partial charge < -0.3 is 10.4 Å². The summed E-state index contributed by atoms with van der Waals surface area (Å²) in [6.45, 7) is 5.84. The second kappa shape index (κ2) is 9.48. The summed E-state index contributed by atoms with van der Waals surface area (Å²) in [5.41, 5.74) is 0.237. The van der Waals surface area contributed by atoms with Crippen molar-refractivity contribution in [1.29, 1.82) is 0 Å². The molecule has 1 unspecified atom stereocenters. The molecule has 0 radical (unpaired) electrons. The molecule has 4 nitrogen and oxygen atoms in total. The van der Waals surface area contributed by atoms with Crippen LogP contribution in [0, 0.1) is 17.6 Å². The molecule has 2 N–H and O–H groups in total. The summed E-state index contributed by atoms with van der Waals surface area (Å²) in [6.07, 6.45) is 0.769. The summed E-state index contributed by atoms with van der Waals surface area (Å²) in [5.74, 6) is -0.866. The van der Waals surface area contributed by atoms with Crippen molar-refractivity contribution in [2.24, 2.45) is 5.92 Å². The number of halogens is 3. The van der Waals surface area contributed by atoms with Crippen molar-refractivity contribution in [2.75, 3.05) is 11.9 Å². The number of hydrogen-bond donors (Lipinski definition) is 2. The van der Waals surface area contributed by atoms with Crippen molar-refractivity contribution in [3.05, 3.63) is 46.6 Å². The Bertz CT molecular complexity index is 748. The largest absolute Gasteiger partial charge is 0.394 e. The van der Waals surface area contributed by atoms with Gasteiger partial charge in [-0.15, -0.1) is 0 Å². The first kappa shape index (κ1) is 20.9. The Hall–Kier alpha value is -1.44. The highest BCUT2D eigenvalue weighted by Gasteiger charge is 2.18. The van der Waals surface area contributed by atoms with Gasteiger partial charge in [0.2, 0.25) is 0 Å². The van der Waals surface area contributed by atoms with Crippen molar-refractivity contribution in [3.63, 3.8) is 0 Å². The second-order valence-electron chi connectivity index (χ2n) is 6.41. The minimum atomic E-state index is -0.885. The Kier molecular flexibility index (Phi) is 7.61. The van der Waals surface area contributed by atoms with Crippen molar-refractivity contribution in [3.8, 4) is 0 Å². The lowest BCUT2D eigenvalue weighted by atomic mass is 10.0. The highest BCUT2D eigenvalue weighted by Crippen LogP contribution is 2.35. The van der Waals surface area contributed by atoms with Gasteiger partial charge in [-0.25, -0.2) is 18.7 Å². The van der Waals surface area contributed by atoms with Crippen LogP contribution in [0.15, 0.2) is 29.4 Å². The van der Waals surface area contributed by atoms with Crippen LogP contribution in [0.25, 0.3) is 0 Å². The van der Waals surface area contributed by atoms with Gasteiger partial charge in [0.1, 0.15) is 11.0 Å². The fourth-order valence-electron chi connectivity index (χ4n) is 2.54. The molecule has 0 aliphatic heterocycles. The average molecular weight is 402 g/mol. The molecule has 0 aliphatic carbocycles. The molecule has 1 aromatic carbocycles.